The van der Waals surface area contributed by atoms with Crippen LogP contribution in [0.3, 0.4) is 0 Å². The Morgan fingerprint density at radius 3 is 2.77 bits per heavy atom. The third-order valence-corrected chi connectivity index (χ3v) is 3.61. The van der Waals surface area contributed by atoms with Gasteiger partial charge in [0.25, 0.3) is 0 Å². The van der Waals surface area contributed by atoms with E-state index in [2.05, 4.69) is 19.9 Å². The summed E-state index contributed by atoms with van der Waals surface area (Å²) < 4.78 is 38.1. The third-order valence-electron chi connectivity index (χ3n) is 3.61. The van der Waals surface area contributed by atoms with E-state index in [4.69, 9.17) is 0 Å². The van der Waals surface area contributed by atoms with Crippen molar-refractivity contribution in [1.82, 2.24) is 19.9 Å². The fraction of sp³-hybridized carbons (Fsp3) is 0.400. The largest absolute Gasteiger partial charge is 0.451 e. The van der Waals surface area contributed by atoms with Crippen LogP contribution in [0.15, 0.2) is 24.4 Å². The van der Waals surface area contributed by atoms with Crippen molar-refractivity contribution in [3.63, 3.8) is 0 Å². The maximum Gasteiger partial charge on any atom is 0.451 e. The zero-order valence-corrected chi connectivity index (χ0v) is 12.1. The van der Waals surface area contributed by atoms with Crippen LogP contribution in [0.5, 0.6) is 0 Å². The summed E-state index contributed by atoms with van der Waals surface area (Å²) in [6, 6.07) is 5.76. The van der Waals surface area contributed by atoms with Crippen molar-refractivity contribution >= 4 is 0 Å². The van der Waals surface area contributed by atoms with Gasteiger partial charge in [0, 0.05) is 31.5 Å². The molecule has 2 aromatic rings. The highest BCUT2D eigenvalue weighted by molar-refractivity contribution is 5.21. The van der Waals surface area contributed by atoms with Gasteiger partial charge in [0.2, 0.25) is 5.82 Å². The zero-order valence-electron chi connectivity index (χ0n) is 12.1. The van der Waals surface area contributed by atoms with E-state index in [9.17, 15) is 13.2 Å². The Labute approximate surface area is 126 Å². The monoisotopic (exact) mass is 308 g/mol. The van der Waals surface area contributed by atoms with Crippen LogP contribution >= 0.6 is 0 Å². The lowest BCUT2D eigenvalue weighted by Crippen LogP contribution is -2.32. The summed E-state index contributed by atoms with van der Waals surface area (Å²) in [5.74, 6) is -1.07. The summed E-state index contributed by atoms with van der Waals surface area (Å²) >= 11 is 0. The van der Waals surface area contributed by atoms with Crippen molar-refractivity contribution < 1.29 is 13.2 Å². The number of hydrogen-bond donors (Lipinski definition) is 0. The fourth-order valence-electron chi connectivity index (χ4n) is 2.55. The molecule has 0 unspecified atom stereocenters. The van der Waals surface area contributed by atoms with E-state index in [1.807, 2.05) is 25.1 Å². The van der Waals surface area contributed by atoms with E-state index >= 15 is 0 Å². The maximum absolute atomic E-state index is 12.7. The molecule has 4 nitrogen and oxygen atoms in total. The summed E-state index contributed by atoms with van der Waals surface area (Å²) in [7, 11) is 0. The molecule has 0 aromatic carbocycles. The molecule has 0 radical (unpaired) electrons. The van der Waals surface area contributed by atoms with E-state index in [1.54, 1.807) is 0 Å². The van der Waals surface area contributed by atoms with E-state index in [0.29, 0.717) is 25.2 Å². The van der Waals surface area contributed by atoms with Crippen molar-refractivity contribution in [3.05, 3.63) is 52.9 Å². The number of rotatable bonds is 2. The molecule has 1 aliphatic rings. The Bertz CT molecular complexity index is 685. The van der Waals surface area contributed by atoms with E-state index in [1.165, 1.54) is 6.20 Å². The molecule has 2 aromatic heterocycles. The highest BCUT2D eigenvalue weighted by Crippen LogP contribution is 2.27. The van der Waals surface area contributed by atoms with Crippen LogP contribution in [0.2, 0.25) is 0 Å². The van der Waals surface area contributed by atoms with Crippen molar-refractivity contribution in [1.29, 1.82) is 0 Å². The van der Waals surface area contributed by atoms with Gasteiger partial charge in [0.1, 0.15) is 0 Å². The second kappa shape index (κ2) is 5.64. The molecule has 3 heterocycles. The fourth-order valence-corrected chi connectivity index (χ4v) is 2.55. The lowest BCUT2D eigenvalue weighted by molar-refractivity contribution is -0.145. The van der Waals surface area contributed by atoms with Gasteiger partial charge in [-0.1, -0.05) is 6.07 Å². The van der Waals surface area contributed by atoms with Gasteiger partial charge in [-0.3, -0.25) is 9.88 Å². The molecule has 0 atom stereocenters. The molecule has 22 heavy (non-hydrogen) atoms. The SMILES string of the molecule is Cc1cccc(CN2CCc3cnc(C(F)(F)F)nc3C2)n1. The first-order chi connectivity index (χ1) is 10.4. The average molecular weight is 308 g/mol. The lowest BCUT2D eigenvalue weighted by Gasteiger charge is -2.27. The topological polar surface area (TPSA) is 41.9 Å². The molecule has 0 bridgehead atoms. The van der Waals surface area contributed by atoms with Gasteiger partial charge >= 0.3 is 6.18 Å². The van der Waals surface area contributed by atoms with Crippen molar-refractivity contribution in [3.8, 4) is 0 Å². The van der Waals surface area contributed by atoms with E-state index in [-0.39, 0.29) is 0 Å². The summed E-state index contributed by atoms with van der Waals surface area (Å²) in [5, 5.41) is 0. The Morgan fingerprint density at radius 2 is 2.05 bits per heavy atom. The van der Waals surface area contributed by atoms with Crippen LogP contribution in [-0.2, 0) is 25.7 Å². The molecule has 0 amide bonds. The van der Waals surface area contributed by atoms with Crippen LogP contribution in [0.25, 0.3) is 0 Å². The third kappa shape index (κ3) is 3.24. The van der Waals surface area contributed by atoms with Crippen LogP contribution in [0, 0.1) is 6.92 Å². The number of alkyl halides is 3. The predicted octanol–water partition coefficient (Wildman–Crippen LogP) is 2.76. The molecular formula is C15H15F3N4. The van der Waals surface area contributed by atoms with Gasteiger partial charge in [-0.15, -0.1) is 0 Å². The second-order valence-corrected chi connectivity index (χ2v) is 5.39. The first-order valence-corrected chi connectivity index (χ1v) is 6.99. The Balaban J connectivity index is 1.78. The minimum absolute atomic E-state index is 0.385. The van der Waals surface area contributed by atoms with Crippen LogP contribution < -0.4 is 0 Å². The standard InChI is InChI=1S/C15H15F3N4/c1-10-3-2-4-12(20-10)8-22-6-5-11-7-19-14(15(16,17)18)21-13(11)9-22/h2-4,7H,5-6,8-9H2,1H3. The van der Waals surface area contributed by atoms with Crippen molar-refractivity contribution in [2.24, 2.45) is 0 Å². The molecule has 3 rings (SSSR count). The molecule has 0 saturated heterocycles. The summed E-state index contributed by atoms with van der Waals surface area (Å²) in [4.78, 5) is 13.6. The van der Waals surface area contributed by atoms with Crippen molar-refractivity contribution in [2.75, 3.05) is 6.54 Å². The molecule has 116 valence electrons. The van der Waals surface area contributed by atoms with Gasteiger partial charge in [-0.2, -0.15) is 13.2 Å². The zero-order chi connectivity index (χ0) is 15.7. The number of fused-ring (bicyclic) bond motifs is 1. The first kappa shape index (κ1) is 14.9. The molecule has 0 aliphatic carbocycles. The molecular weight excluding hydrogens is 293 g/mol. The average Bonchev–Trinajstić information content (AvgIpc) is 2.45. The van der Waals surface area contributed by atoms with Crippen LogP contribution in [0.4, 0.5) is 13.2 Å². The predicted molar refractivity (Wildman–Crippen MR) is 73.8 cm³/mol. The Kier molecular flexibility index (Phi) is 3.82. The number of hydrogen-bond acceptors (Lipinski definition) is 4. The quantitative estimate of drug-likeness (QED) is 0.855. The first-order valence-electron chi connectivity index (χ1n) is 6.99. The van der Waals surface area contributed by atoms with Gasteiger partial charge < -0.3 is 0 Å². The highest BCUT2D eigenvalue weighted by Gasteiger charge is 2.35. The number of aromatic nitrogens is 3. The second-order valence-electron chi connectivity index (χ2n) is 5.39. The number of pyridine rings is 1. The van der Waals surface area contributed by atoms with Gasteiger partial charge in [-0.25, -0.2) is 9.97 Å². The minimum Gasteiger partial charge on any atom is -0.291 e. The lowest BCUT2D eigenvalue weighted by atomic mass is 10.1. The molecule has 0 fully saturated rings. The van der Waals surface area contributed by atoms with Crippen molar-refractivity contribution in [2.45, 2.75) is 32.6 Å². The van der Waals surface area contributed by atoms with Gasteiger partial charge in [0.05, 0.1) is 11.4 Å². The Hall–Kier alpha value is -2.02. The van der Waals surface area contributed by atoms with E-state index in [0.717, 1.165) is 23.5 Å². The summed E-state index contributed by atoms with van der Waals surface area (Å²) in [5.41, 5.74) is 3.09. The molecule has 1 aliphatic heterocycles. The minimum atomic E-state index is -4.50. The van der Waals surface area contributed by atoms with Crippen LogP contribution in [0.1, 0.15) is 28.5 Å². The normalized spacial score (nSPS) is 15.6. The highest BCUT2D eigenvalue weighted by atomic mass is 19.4. The van der Waals surface area contributed by atoms with Gasteiger partial charge in [0.15, 0.2) is 0 Å². The maximum atomic E-state index is 12.7. The number of nitrogens with zero attached hydrogens (tertiary/aromatic N) is 4. The molecule has 0 spiro atoms. The van der Waals surface area contributed by atoms with Gasteiger partial charge in [-0.05, 0) is 31.0 Å². The van der Waals surface area contributed by atoms with Crippen LogP contribution in [-0.4, -0.2) is 26.4 Å². The summed E-state index contributed by atoms with van der Waals surface area (Å²) in [6.45, 7) is 3.66. The number of aryl methyl sites for hydroxylation is 1. The number of halogens is 3. The smallest absolute Gasteiger partial charge is 0.291 e. The van der Waals surface area contributed by atoms with E-state index < -0.39 is 12.0 Å². The summed E-state index contributed by atoms with van der Waals surface area (Å²) in [6.07, 6.45) is -2.55. The molecule has 0 N–H and O–H groups in total. The Morgan fingerprint density at radius 1 is 1.23 bits per heavy atom. The molecule has 0 saturated carbocycles. The molecule has 7 heteroatoms.